The van der Waals surface area contributed by atoms with Gasteiger partial charge in [0.1, 0.15) is 5.82 Å². The lowest BCUT2D eigenvalue weighted by molar-refractivity contribution is -0.114. The Bertz CT molecular complexity index is 519. The van der Waals surface area contributed by atoms with Crippen LogP contribution in [0.25, 0.3) is 0 Å². The number of benzene rings is 1. The average Bonchev–Trinajstić information content (AvgIpc) is 2.46. The van der Waals surface area contributed by atoms with Crippen molar-refractivity contribution < 1.29 is 14.0 Å². The second-order valence-electron chi connectivity index (χ2n) is 5.02. The third-order valence-electron chi connectivity index (χ3n) is 3.65. The maximum Gasteiger partial charge on any atom is 0.254 e. The molecule has 6 heteroatoms. The van der Waals surface area contributed by atoms with Gasteiger partial charge in [0.2, 0.25) is 5.91 Å². The zero-order valence-corrected chi connectivity index (χ0v) is 12.6. The molecule has 0 aliphatic heterocycles. The minimum absolute atomic E-state index is 0.110. The van der Waals surface area contributed by atoms with Crippen LogP contribution in [-0.2, 0) is 4.79 Å². The Morgan fingerprint density at radius 3 is 2.38 bits per heavy atom. The SMILES string of the molecule is CCC(CC)(CN)NC(=O)c1cc(NC(C)=O)ccc1F. The summed E-state index contributed by atoms with van der Waals surface area (Å²) in [4.78, 5) is 23.3. The molecule has 0 aliphatic rings. The van der Waals surface area contributed by atoms with Crippen LogP contribution in [0.4, 0.5) is 10.1 Å². The van der Waals surface area contributed by atoms with Gasteiger partial charge in [0.05, 0.1) is 11.1 Å². The first-order valence-electron chi connectivity index (χ1n) is 6.97. The Kier molecular flexibility index (Phi) is 5.84. The molecule has 1 aromatic rings. The van der Waals surface area contributed by atoms with Gasteiger partial charge in [-0.15, -0.1) is 0 Å². The molecule has 0 fully saturated rings. The molecule has 0 atom stereocenters. The smallest absolute Gasteiger partial charge is 0.254 e. The zero-order chi connectivity index (χ0) is 16.0. The van der Waals surface area contributed by atoms with Gasteiger partial charge in [0.25, 0.3) is 5.91 Å². The third-order valence-corrected chi connectivity index (χ3v) is 3.65. The molecule has 5 nitrogen and oxygen atoms in total. The van der Waals surface area contributed by atoms with Crippen molar-refractivity contribution in [3.63, 3.8) is 0 Å². The van der Waals surface area contributed by atoms with Crippen LogP contribution >= 0.6 is 0 Å². The average molecular weight is 295 g/mol. The molecule has 0 heterocycles. The van der Waals surface area contributed by atoms with Gasteiger partial charge in [-0.3, -0.25) is 9.59 Å². The van der Waals surface area contributed by atoms with Gasteiger partial charge in [-0.25, -0.2) is 4.39 Å². The Morgan fingerprint density at radius 1 is 1.29 bits per heavy atom. The van der Waals surface area contributed by atoms with E-state index in [-0.39, 0.29) is 18.0 Å². The summed E-state index contributed by atoms with van der Waals surface area (Å²) in [5.74, 6) is -1.46. The topological polar surface area (TPSA) is 84.2 Å². The molecular weight excluding hydrogens is 273 g/mol. The Morgan fingerprint density at radius 2 is 1.90 bits per heavy atom. The highest BCUT2D eigenvalue weighted by Crippen LogP contribution is 2.18. The van der Waals surface area contributed by atoms with Crippen molar-refractivity contribution in [2.24, 2.45) is 5.73 Å². The first-order valence-corrected chi connectivity index (χ1v) is 6.97. The summed E-state index contributed by atoms with van der Waals surface area (Å²) >= 11 is 0. The predicted molar refractivity (Wildman–Crippen MR) is 80.5 cm³/mol. The van der Waals surface area contributed by atoms with Crippen molar-refractivity contribution in [1.82, 2.24) is 5.32 Å². The normalized spacial score (nSPS) is 11.1. The van der Waals surface area contributed by atoms with Crippen LogP contribution in [0.3, 0.4) is 0 Å². The standard InChI is InChI=1S/C15H22FN3O2/c1-4-15(5-2,9-17)19-14(21)12-8-11(18-10(3)20)6-7-13(12)16/h6-8H,4-5,9,17H2,1-3H3,(H,18,20)(H,19,21). The lowest BCUT2D eigenvalue weighted by atomic mass is 9.92. The van der Waals surface area contributed by atoms with Crippen molar-refractivity contribution in [2.45, 2.75) is 39.2 Å². The number of halogens is 1. The highest BCUT2D eigenvalue weighted by Gasteiger charge is 2.27. The molecule has 0 bridgehead atoms. The number of anilines is 1. The van der Waals surface area contributed by atoms with E-state index in [1.807, 2.05) is 13.8 Å². The third kappa shape index (κ3) is 4.26. The first kappa shape index (κ1) is 17.1. The molecule has 21 heavy (non-hydrogen) atoms. The van der Waals surface area contributed by atoms with E-state index in [0.29, 0.717) is 18.5 Å². The molecular formula is C15H22FN3O2. The number of nitrogens with one attached hydrogen (secondary N) is 2. The molecule has 116 valence electrons. The first-order chi connectivity index (χ1) is 9.87. The van der Waals surface area contributed by atoms with E-state index in [0.717, 1.165) is 6.07 Å². The van der Waals surface area contributed by atoms with Crippen LogP contribution in [0, 0.1) is 5.82 Å². The Balaban J connectivity index is 3.03. The summed E-state index contributed by atoms with van der Waals surface area (Å²) in [7, 11) is 0. The fourth-order valence-electron chi connectivity index (χ4n) is 2.05. The molecule has 0 unspecified atom stereocenters. The number of rotatable bonds is 6. The largest absolute Gasteiger partial charge is 0.345 e. The highest BCUT2D eigenvalue weighted by atomic mass is 19.1. The van der Waals surface area contributed by atoms with E-state index in [2.05, 4.69) is 10.6 Å². The number of amides is 2. The molecule has 0 aromatic heterocycles. The molecule has 2 amide bonds. The van der Waals surface area contributed by atoms with Crippen molar-refractivity contribution >= 4 is 17.5 Å². The summed E-state index contributed by atoms with van der Waals surface area (Å²) in [6.07, 6.45) is 1.30. The quantitative estimate of drug-likeness (QED) is 0.751. The van der Waals surface area contributed by atoms with E-state index < -0.39 is 17.3 Å². The summed E-state index contributed by atoms with van der Waals surface area (Å²) in [6.45, 7) is 5.46. The summed E-state index contributed by atoms with van der Waals surface area (Å²) in [6, 6.07) is 3.88. The summed E-state index contributed by atoms with van der Waals surface area (Å²) in [5.41, 5.74) is 5.44. The maximum atomic E-state index is 13.8. The monoisotopic (exact) mass is 295 g/mol. The minimum Gasteiger partial charge on any atom is -0.345 e. The van der Waals surface area contributed by atoms with Crippen LogP contribution < -0.4 is 16.4 Å². The van der Waals surface area contributed by atoms with Gasteiger partial charge >= 0.3 is 0 Å². The van der Waals surface area contributed by atoms with E-state index in [1.54, 1.807) is 0 Å². The Labute approximate surface area is 124 Å². The number of hydrogen-bond donors (Lipinski definition) is 3. The van der Waals surface area contributed by atoms with E-state index in [9.17, 15) is 14.0 Å². The van der Waals surface area contributed by atoms with Crippen LogP contribution in [0.5, 0.6) is 0 Å². The molecule has 0 saturated heterocycles. The summed E-state index contributed by atoms with van der Waals surface area (Å²) in [5, 5.41) is 5.32. The van der Waals surface area contributed by atoms with Crippen molar-refractivity contribution in [3.05, 3.63) is 29.6 Å². The van der Waals surface area contributed by atoms with Gasteiger partial charge in [0.15, 0.2) is 0 Å². The van der Waals surface area contributed by atoms with Crippen molar-refractivity contribution in [3.8, 4) is 0 Å². The fourth-order valence-corrected chi connectivity index (χ4v) is 2.05. The van der Waals surface area contributed by atoms with Crippen molar-refractivity contribution in [1.29, 1.82) is 0 Å². The molecule has 0 aliphatic carbocycles. The van der Waals surface area contributed by atoms with Gasteiger partial charge in [-0.2, -0.15) is 0 Å². The molecule has 1 rings (SSSR count). The molecule has 4 N–H and O–H groups in total. The highest BCUT2D eigenvalue weighted by molar-refractivity contribution is 5.97. The van der Waals surface area contributed by atoms with Gasteiger partial charge in [-0.05, 0) is 31.0 Å². The number of hydrogen-bond acceptors (Lipinski definition) is 3. The van der Waals surface area contributed by atoms with Gasteiger partial charge < -0.3 is 16.4 Å². The predicted octanol–water partition coefficient (Wildman–Crippen LogP) is 2.03. The van der Waals surface area contributed by atoms with Crippen molar-refractivity contribution in [2.75, 3.05) is 11.9 Å². The van der Waals surface area contributed by atoms with Gasteiger partial charge in [-0.1, -0.05) is 13.8 Å². The zero-order valence-electron chi connectivity index (χ0n) is 12.6. The van der Waals surface area contributed by atoms with Crippen LogP contribution in [-0.4, -0.2) is 23.9 Å². The fraction of sp³-hybridized carbons (Fsp3) is 0.467. The number of nitrogens with two attached hydrogens (primary N) is 1. The molecule has 1 aromatic carbocycles. The molecule has 0 spiro atoms. The summed E-state index contributed by atoms with van der Waals surface area (Å²) < 4.78 is 13.8. The van der Waals surface area contributed by atoms with Crippen LogP contribution in [0.15, 0.2) is 18.2 Å². The van der Waals surface area contributed by atoms with Gasteiger partial charge in [0, 0.05) is 19.2 Å². The van der Waals surface area contributed by atoms with E-state index in [4.69, 9.17) is 5.73 Å². The second kappa shape index (κ2) is 7.17. The number of carbonyl (C=O) groups is 2. The number of carbonyl (C=O) groups excluding carboxylic acids is 2. The Hall–Kier alpha value is -1.95. The minimum atomic E-state index is -0.639. The second-order valence-corrected chi connectivity index (χ2v) is 5.02. The molecule has 0 radical (unpaired) electrons. The van der Waals surface area contributed by atoms with E-state index in [1.165, 1.54) is 19.1 Å². The lowest BCUT2D eigenvalue weighted by Gasteiger charge is -2.31. The maximum absolute atomic E-state index is 13.8. The molecule has 0 saturated carbocycles. The van der Waals surface area contributed by atoms with Crippen LogP contribution in [0.1, 0.15) is 44.0 Å². The van der Waals surface area contributed by atoms with E-state index >= 15 is 0 Å². The van der Waals surface area contributed by atoms with Crippen LogP contribution in [0.2, 0.25) is 0 Å². The lowest BCUT2D eigenvalue weighted by Crippen LogP contribution is -2.53.